The largest absolute Gasteiger partial charge is 0.454 e. The Balaban J connectivity index is 0.924. The Morgan fingerprint density at radius 3 is 1.31 bits per heavy atom. The van der Waals surface area contributed by atoms with Crippen molar-refractivity contribution in [3.63, 3.8) is 0 Å². The summed E-state index contributed by atoms with van der Waals surface area (Å²) in [5, 5.41) is 12.9. The molecule has 18 aromatic rings. The van der Waals surface area contributed by atoms with Crippen molar-refractivity contribution >= 4 is 155 Å². The third-order valence-electron chi connectivity index (χ3n) is 19.4. The number of benzene rings is 12. The highest BCUT2D eigenvalue weighted by Crippen LogP contribution is 2.55. The van der Waals surface area contributed by atoms with Crippen molar-refractivity contribution < 1.29 is 8.83 Å². The Morgan fingerprint density at radius 2 is 0.813 bits per heavy atom. The molecule has 0 bridgehead atoms. The first-order chi connectivity index (χ1) is 44.8. The number of fused-ring (bicyclic) bond motifs is 16. The van der Waals surface area contributed by atoms with Gasteiger partial charge in [-0.2, -0.15) is 0 Å². The predicted octanol–water partition coefficient (Wildman–Crippen LogP) is 24.8. The molecule has 0 saturated heterocycles. The van der Waals surface area contributed by atoms with Gasteiger partial charge >= 0.3 is 0 Å². The molecule has 6 aromatic heterocycles. The van der Waals surface area contributed by atoms with Gasteiger partial charge in [-0.15, -0.1) is 0 Å². The van der Waals surface area contributed by atoms with Crippen LogP contribution in [0.1, 0.15) is 68.9 Å². The number of hydrogen-bond donors (Lipinski definition) is 0. The van der Waals surface area contributed by atoms with Gasteiger partial charge in [-0.25, -0.2) is 0 Å². The molecule has 0 atom stereocenters. The van der Waals surface area contributed by atoms with Gasteiger partial charge in [0.25, 0.3) is 0 Å². The highest BCUT2D eigenvalue weighted by atomic mass is 16.3. The molecule has 434 valence electrons. The molecule has 0 aliphatic carbocycles. The summed E-state index contributed by atoms with van der Waals surface area (Å²) in [6.07, 6.45) is 6.01. The van der Waals surface area contributed by atoms with E-state index in [1.807, 2.05) is 13.0 Å². The van der Waals surface area contributed by atoms with Gasteiger partial charge in [0.2, 0.25) is 0 Å². The van der Waals surface area contributed by atoms with Gasteiger partial charge in [0, 0.05) is 98.7 Å². The van der Waals surface area contributed by atoms with Crippen molar-refractivity contribution in [1.82, 2.24) is 8.80 Å². The average molecular weight is 1170 g/mol. The van der Waals surface area contributed by atoms with E-state index in [1.165, 1.54) is 98.5 Å². The van der Waals surface area contributed by atoms with Crippen LogP contribution in [0.25, 0.3) is 144 Å². The van der Waals surface area contributed by atoms with E-state index in [4.69, 9.17) is 8.83 Å². The summed E-state index contributed by atoms with van der Waals surface area (Å²) in [5.41, 5.74) is 24.2. The van der Waals surface area contributed by atoms with Crippen LogP contribution in [0, 0.1) is 0 Å². The van der Waals surface area contributed by atoms with E-state index in [9.17, 15) is 0 Å². The number of para-hydroxylation sites is 5. The number of nitrogens with zero attached hydrogens (tertiary/aromatic N) is 4. The molecule has 0 unspecified atom stereocenters. The third-order valence-corrected chi connectivity index (χ3v) is 19.4. The quantitative estimate of drug-likeness (QED) is 0.122. The first-order valence-electron chi connectivity index (χ1n) is 31.8. The van der Waals surface area contributed by atoms with Crippen molar-refractivity contribution in [2.75, 3.05) is 9.80 Å². The second-order valence-corrected chi connectivity index (χ2v) is 25.1. The molecule has 0 aliphatic rings. The summed E-state index contributed by atoms with van der Waals surface area (Å²) in [4.78, 5) is 4.76. The molecule has 0 aliphatic heterocycles. The van der Waals surface area contributed by atoms with E-state index < -0.39 is 0 Å². The Bertz CT molecular complexity index is 5980. The van der Waals surface area contributed by atoms with Gasteiger partial charge in [-0.1, -0.05) is 210 Å². The molecular formula is C85H62N4O2. The fraction of sp³-hybridized carbons (Fsp3) is 0.0824. The van der Waals surface area contributed by atoms with E-state index in [0.29, 0.717) is 11.8 Å². The molecule has 6 heteroatoms. The zero-order valence-electron chi connectivity index (χ0n) is 51.3. The van der Waals surface area contributed by atoms with Gasteiger partial charge < -0.3 is 27.4 Å². The molecule has 12 aromatic carbocycles. The van der Waals surface area contributed by atoms with Gasteiger partial charge in [0.15, 0.2) is 11.2 Å². The molecule has 0 spiro atoms. The van der Waals surface area contributed by atoms with Crippen LogP contribution in [-0.4, -0.2) is 8.80 Å². The summed E-state index contributed by atoms with van der Waals surface area (Å²) in [6, 6.07) is 89.9. The molecule has 0 radical (unpaired) electrons. The minimum atomic E-state index is 0.391. The lowest BCUT2D eigenvalue weighted by Crippen LogP contribution is -2.10. The van der Waals surface area contributed by atoms with E-state index in [2.05, 4.69) is 308 Å². The third kappa shape index (κ3) is 7.60. The summed E-state index contributed by atoms with van der Waals surface area (Å²) in [7, 11) is 0. The van der Waals surface area contributed by atoms with Crippen molar-refractivity contribution in [2.45, 2.75) is 46.5 Å². The van der Waals surface area contributed by atoms with Crippen molar-refractivity contribution in [2.24, 2.45) is 0 Å². The van der Waals surface area contributed by atoms with Crippen LogP contribution in [0.2, 0.25) is 0 Å². The van der Waals surface area contributed by atoms with Crippen LogP contribution < -0.4 is 9.80 Å². The van der Waals surface area contributed by atoms with Crippen molar-refractivity contribution in [1.29, 1.82) is 0 Å². The molecule has 6 heterocycles. The van der Waals surface area contributed by atoms with Gasteiger partial charge in [0.05, 0.1) is 44.5 Å². The number of hydrogen-bond acceptors (Lipinski definition) is 4. The predicted molar refractivity (Wildman–Crippen MR) is 386 cm³/mol. The van der Waals surface area contributed by atoms with Gasteiger partial charge in [-0.05, 0) is 126 Å². The summed E-state index contributed by atoms with van der Waals surface area (Å²) in [6.45, 7) is 15.2. The number of allylic oxidation sites excluding steroid dienone is 1. The SMILES string of the molecule is C=Cc1oc2c(N(c3ccc(C(C)C)cc3)c3ccc4c(c3)c3cccc5c6c(-c7ccccc7)c7c(c(-c8ccccc8)c6n4c35)c3cccc4c5cc(N(c6ccc(C(C)C)cc6)c6cccc8c6oc6ccccc68)ccc5n7c43)cccc2c1/C=C\C. The molecule has 0 N–H and O–H groups in total. The van der Waals surface area contributed by atoms with Crippen molar-refractivity contribution in [3.05, 3.63) is 278 Å². The normalized spacial score (nSPS) is 12.4. The maximum Gasteiger partial charge on any atom is 0.159 e. The highest BCUT2D eigenvalue weighted by Gasteiger charge is 2.32. The first-order valence-corrected chi connectivity index (χ1v) is 31.8. The monoisotopic (exact) mass is 1170 g/mol. The van der Waals surface area contributed by atoms with Gasteiger partial charge in [0.1, 0.15) is 11.3 Å². The zero-order valence-corrected chi connectivity index (χ0v) is 51.3. The molecule has 0 saturated carbocycles. The summed E-state index contributed by atoms with van der Waals surface area (Å²) >= 11 is 0. The smallest absolute Gasteiger partial charge is 0.159 e. The van der Waals surface area contributed by atoms with E-state index in [0.717, 1.165) is 89.4 Å². The highest BCUT2D eigenvalue weighted by molar-refractivity contribution is 6.38. The van der Waals surface area contributed by atoms with E-state index >= 15 is 0 Å². The van der Waals surface area contributed by atoms with Crippen LogP contribution in [0.4, 0.5) is 34.1 Å². The van der Waals surface area contributed by atoms with Crippen LogP contribution in [-0.2, 0) is 0 Å². The summed E-state index contributed by atoms with van der Waals surface area (Å²) in [5.74, 6) is 1.54. The van der Waals surface area contributed by atoms with Crippen LogP contribution in [0.15, 0.2) is 264 Å². The second-order valence-electron chi connectivity index (χ2n) is 25.1. The average Bonchev–Trinajstić information content (AvgIpc) is 1.50. The summed E-state index contributed by atoms with van der Waals surface area (Å²) < 4.78 is 18.8. The molecule has 91 heavy (non-hydrogen) atoms. The van der Waals surface area contributed by atoms with Crippen molar-refractivity contribution in [3.8, 4) is 22.3 Å². The lowest BCUT2D eigenvalue weighted by Gasteiger charge is -2.26. The molecular weight excluding hydrogens is 1110 g/mol. The molecule has 0 amide bonds. The maximum atomic E-state index is 6.82. The first kappa shape index (κ1) is 52.8. The molecule has 18 rings (SSSR count). The van der Waals surface area contributed by atoms with Crippen LogP contribution in [0.3, 0.4) is 0 Å². The Labute approximate surface area is 526 Å². The standard InChI is InChI=1S/C85H62N4O2/c1-7-21-60-64-29-19-33-72(84(64)90-74(60)8-2)86(56-40-36-52(37-41-56)50(3)4)58-44-46-70-68(48-58)62-27-17-31-66-78-77(55-24-13-10-14-25-55)83-79(76(54-22-11-9-12-23-54)82(78)88(70)80(62)66)67-32-18-28-63-69-49-59(45-47-71(69)89(83)81(63)67)87(57-42-38-53(39-43-57)51(5)6)73-34-20-30-65-61-26-15-16-35-75(61)91-85(65)73/h7-51H,2H2,1,3-6H3/b21-7-. The fourth-order valence-corrected chi connectivity index (χ4v) is 15.3. The topological polar surface area (TPSA) is 41.6 Å². The van der Waals surface area contributed by atoms with Crippen LogP contribution in [0.5, 0.6) is 0 Å². The Kier molecular flexibility index (Phi) is 11.6. The minimum Gasteiger partial charge on any atom is -0.454 e. The number of aromatic nitrogens is 2. The Hall–Kier alpha value is -11.3. The number of rotatable bonds is 12. The fourth-order valence-electron chi connectivity index (χ4n) is 15.3. The van der Waals surface area contributed by atoms with Gasteiger partial charge in [-0.3, -0.25) is 0 Å². The molecule has 6 nitrogen and oxygen atoms in total. The van der Waals surface area contributed by atoms with Crippen LogP contribution >= 0.6 is 0 Å². The molecule has 0 fully saturated rings. The van der Waals surface area contributed by atoms with E-state index in [1.54, 1.807) is 0 Å². The lowest BCUT2D eigenvalue weighted by atomic mass is 9.89. The zero-order chi connectivity index (χ0) is 60.9. The minimum absolute atomic E-state index is 0.391. The number of furan rings is 2. The maximum absolute atomic E-state index is 6.82. The number of anilines is 6. The second kappa shape index (κ2) is 20.1. The van der Waals surface area contributed by atoms with E-state index in [-0.39, 0.29) is 0 Å². The lowest BCUT2D eigenvalue weighted by molar-refractivity contribution is 0.604. The Morgan fingerprint density at radius 1 is 0.385 bits per heavy atom.